The lowest BCUT2D eigenvalue weighted by atomic mass is 9.99. The monoisotopic (exact) mass is 459 g/mol. The van der Waals surface area contributed by atoms with E-state index in [1.165, 1.54) is 12.1 Å². The first-order valence-corrected chi connectivity index (χ1v) is 11.3. The van der Waals surface area contributed by atoms with Crippen molar-refractivity contribution in [3.8, 4) is 11.1 Å². The second-order valence-electron chi connectivity index (χ2n) is 7.32. The number of ether oxygens (including phenoxy) is 1. The van der Waals surface area contributed by atoms with Gasteiger partial charge in [-0.3, -0.25) is 9.52 Å². The Morgan fingerprint density at radius 2 is 1.62 bits per heavy atom. The SMILES string of the molecule is O=Cc1cc(F)c(NS(=O)(=O)c2ccc(-c3cnc(C4CCOCC4)nc3)cc2)cc1F. The van der Waals surface area contributed by atoms with Crippen LogP contribution in [0.5, 0.6) is 0 Å². The number of aromatic nitrogens is 2. The number of benzene rings is 2. The lowest BCUT2D eigenvalue weighted by molar-refractivity contribution is 0.0836. The highest BCUT2D eigenvalue weighted by atomic mass is 32.2. The predicted octanol–water partition coefficient (Wildman–Crippen LogP) is 3.93. The van der Waals surface area contributed by atoms with Crippen LogP contribution in [0.25, 0.3) is 11.1 Å². The average Bonchev–Trinajstić information content (AvgIpc) is 2.82. The third-order valence-electron chi connectivity index (χ3n) is 5.21. The normalized spacial score (nSPS) is 14.8. The zero-order chi connectivity index (χ0) is 22.7. The Kier molecular flexibility index (Phi) is 6.24. The van der Waals surface area contributed by atoms with Crippen molar-refractivity contribution in [3.63, 3.8) is 0 Å². The molecule has 166 valence electrons. The average molecular weight is 459 g/mol. The number of sulfonamides is 1. The molecule has 0 radical (unpaired) electrons. The van der Waals surface area contributed by atoms with Gasteiger partial charge in [0.25, 0.3) is 10.0 Å². The molecule has 4 rings (SSSR count). The topological polar surface area (TPSA) is 98.2 Å². The molecule has 0 atom stereocenters. The van der Waals surface area contributed by atoms with Crippen molar-refractivity contribution < 1.29 is 26.7 Å². The molecule has 32 heavy (non-hydrogen) atoms. The summed E-state index contributed by atoms with van der Waals surface area (Å²) >= 11 is 0. The molecular formula is C22H19F2N3O4S. The minimum absolute atomic E-state index is 0.139. The maximum atomic E-state index is 14.0. The summed E-state index contributed by atoms with van der Waals surface area (Å²) in [6, 6.07) is 7.10. The fourth-order valence-electron chi connectivity index (χ4n) is 3.41. The van der Waals surface area contributed by atoms with Gasteiger partial charge in [-0.05, 0) is 36.6 Å². The molecule has 1 N–H and O–H groups in total. The Morgan fingerprint density at radius 3 is 2.25 bits per heavy atom. The highest BCUT2D eigenvalue weighted by Gasteiger charge is 2.20. The maximum Gasteiger partial charge on any atom is 0.261 e. The lowest BCUT2D eigenvalue weighted by Gasteiger charge is -2.20. The Hall–Kier alpha value is -3.24. The van der Waals surface area contributed by atoms with Crippen LogP contribution in [-0.4, -0.2) is 37.9 Å². The number of hydrogen-bond acceptors (Lipinski definition) is 6. The number of nitrogens with one attached hydrogen (secondary N) is 1. The van der Waals surface area contributed by atoms with E-state index in [1.54, 1.807) is 24.5 Å². The fraction of sp³-hybridized carbons (Fsp3) is 0.227. The van der Waals surface area contributed by atoms with Gasteiger partial charge in [0.2, 0.25) is 0 Å². The second kappa shape index (κ2) is 9.09. The predicted molar refractivity (Wildman–Crippen MR) is 113 cm³/mol. The third kappa shape index (κ3) is 4.66. The van der Waals surface area contributed by atoms with Crippen molar-refractivity contribution >= 4 is 22.0 Å². The van der Waals surface area contributed by atoms with Gasteiger partial charge in [-0.15, -0.1) is 0 Å². The van der Waals surface area contributed by atoms with Crippen molar-refractivity contribution in [3.05, 3.63) is 71.8 Å². The van der Waals surface area contributed by atoms with Gasteiger partial charge in [0.15, 0.2) is 6.29 Å². The number of carbonyl (C=O) groups is 1. The van der Waals surface area contributed by atoms with E-state index in [1.807, 2.05) is 4.72 Å². The summed E-state index contributed by atoms with van der Waals surface area (Å²) in [6.07, 6.45) is 5.27. The van der Waals surface area contributed by atoms with Crippen LogP contribution in [0.3, 0.4) is 0 Å². The molecule has 1 aliphatic heterocycles. The Bertz CT molecular complexity index is 1230. The molecule has 1 saturated heterocycles. The van der Waals surface area contributed by atoms with Crippen LogP contribution in [0.2, 0.25) is 0 Å². The summed E-state index contributed by atoms with van der Waals surface area (Å²) in [5.74, 6) is -1.06. The van der Waals surface area contributed by atoms with Crippen molar-refractivity contribution in [1.29, 1.82) is 0 Å². The molecule has 1 aromatic heterocycles. The smallest absolute Gasteiger partial charge is 0.261 e. The van der Waals surface area contributed by atoms with Gasteiger partial charge in [0.05, 0.1) is 16.1 Å². The van der Waals surface area contributed by atoms with Crippen molar-refractivity contribution in [2.45, 2.75) is 23.7 Å². The maximum absolute atomic E-state index is 14.0. The summed E-state index contributed by atoms with van der Waals surface area (Å²) in [6.45, 7) is 1.38. The summed E-state index contributed by atoms with van der Waals surface area (Å²) in [5.41, 5.74) is 0.333. The van der Waals surface area contributed by atoms with Crippen LogP contribution in [0, 0.1) is 11.6 Å². The first-order chi connectivity index (χ1) is 15.4. The zero-order valence-corrected chi connectivity index (χ0v) is 17.6. The summed E-state index contributed by atoms with van der Waals surface area (Å²) in [5, 5.41) is 0. The molecule has 10 heteroatoms. The van der Waals surface area contributed by atoms with E-state index >= 15 is 0 Å². The molecule has 0 aliphatic carbocycles. The van der Waals surface area contributed by atoms with Crippen molar-refractivity contribution in [1.82, 2.24) is 9.97 Å². The number of hydrogen-bond donors (Lipinski definition) is 1. The molecule has 0 unspecified atom stereocenters. The first-order valence-electron chi connectivity index (χ1n) is 9.84. The van der Waals surface area contributed by atoms with Gasteiger partial charge in [-0.2, -0.15) is 0 Å². The molecule has 3 aromatic rings. The van der Waals surface area contributed by atoms with Crippen LogP contribution in [0.1, 0.15) is 34.9 Å². The molecular weight excluding hydrogens is 440 g/mol. The van der Waals surface area contributed by atoms with Crippen LogP contribution >= 0.6 is 0 Å². The third-order valence-corrected chi connectivity index (χ3v) is 6.60. The Labute approximate surface area is 183 Å². The van der Waals surface area contributed by atoms with Crippen molar-refractivity contribution in [2.75, 3.05) is 17.9 Å². The summed E-state index contributed by atoms with van der Waals surface area (Å²) in [4.78, 5) is 19.4. The molecule has 1 aliphatic rings. The molecule has 2 heterocycles. The standard InChI is InChI=1S/C22H19F2N3O4S/c23-19-10-21(20(24)9-16(19)13-28)27-32(29,30)18-3-1-14(2-4-18)17-11-25-22(26-12-17)15-5-7-31-8-6-15/h1-4,9-13,15,27H,5-8H2. The minimum Gasteiger partial charge on any atom is -0.381 e. The van der Waals surface area contributed by atoms with E-state index in [4.69, 9.17) is 4.74 Å². The molecule has 2 aromatic carbocycles. The Balaban J connectivity index is 1.51. The second-order valence-corrected chi connectivity index (χ2v) is 9.00. The van der Waals surface area contributed by atoms with Gasteiger partial charge in [-0.1, -0.05) is 12.1 Å². The van der Waals surface area contributed by atoms with Crippen molar-refractivity contribution in [2.24, 2.45) is 0 Å². The molecule has 0 bridgehead atoms. The first kappa shape index (κ1) is 22.0. The van der Waals surface area contributed by atoms with Crippen LogP contribution in [0.15, 0.2) is 53.7 Å². The Morgan fingerprint density at radius 1 is 0.969 bits per heavy atom. The van der Waals surface area contributed by atoms with E-state index in [0.29, 0.717) is 30.9 Å². The summed E-state index contributed by atoms with van der Waals surface area (Å²) in [7, 11) is -4.18. The molecule has 0 saturated carbocycles. The van der Waals surface area contributed by atoms with Gasteiger partial charge < -0.3 is 4.74 Å². The van der Waals surface area contributed by atoms with E-state index in [0.717, 1.165) is 24.2 Å². The quantitative estimate of drug-likeness (QED) is 0.561. The van der Waals surface area contributed by atoms with E-state index < -0.39 is 32.9 Å². The number of rotatable bonds is 6. The molecule has 0 amide bonds. The van der Waals surface area contributed by atoms with E-state index in [-0.39, 0.29) is 17.1 Å². The number of aldehydes is 1. The van der Waals surface area contributed by atoms with E-state index in [9.17, 15) is 22.0 Å². The number of nitrogens with zero attached hydrogens (tertiary/aromatic N) is 2. The largest absolute Gasteiger partial charge is 0.381 e. The summed E-state index contributed by atoms with van der Waals surface area (Å²) < 4.78 is 60.3. The minimum atomic E-state index is -4.18. The molecule has 7 nitrogen and oxygen atoms in total. The number of anilines is 1. The highest BCUT2D eigenvalue weighted by Crippen LogP contribution is 2.27. The number of carbonyl (C=O) groups excluding carboxylic acids is 1. The highest BCUT2D eigenvalue weighted by molar-refractivity contribution is 7.92. The lowest BCUT2D eigenvalue weighted by Crippen LogP contribution is -2.16. The number of halogens is 2. The van der Waals surface area contributed by atoms with Gasteiger partial charge in [-0.25, -0.2) is 27.2 Å². The van der Waals surface area contributed by atoms with Crippen LogP contribution in [-0.2, 0) is 14.8 Å². The fourth-order valence-corrected chi connectivity index (χ4v) is 4.47. The molecule has 0 spiro atoms. The van der Waals surface area contributed by atoms with Crippen LogP contribution in [0.4, 0.5) is 14.5 Å². The van der Waals surface area contributed by atoms with Gasteiger partial charge in [0.1, 0.15) is 17.5 Å². The zero-order valence-electron chi connectivity index (χ0n) is 16.8. The molecule has 1 fully saturated rings. The van der Waals surface area contributed by atoms with Crippen LogP contribution < -0.4 is 4.72 Å². The van der Waals surface area contributed by atoms with Gasteiger partial charge in [0, 0.05) is 43.2 Å². The van der Waals surface area contributed by atoms with Gasteiger partial charge >= 0.3 is 0 Å². The van der Waals surface area contributed by atoms with E-state index in [2.05, 4.69) is 9.97 Å².